The average Bonchev–Trinajstić information content (AvgIpc) is 2.93. The van der Waals surface area contributed by atoms with Gasteiger partial charge in [-0.15, -0.1) is 0 Å². The molecule has 114 valence electrons. The summed E-state index contributed by atoms with van der Waals surface area (Å²) in [7, 11) is 0. The monoisotopic (exact) mass is 294 g/mol. The molecule has 0 radical (unpaired) electrons. The highest BCUT2D eigenvalue weighted by atomic mass is 16.1. The number of Topliss-reactive ketones (excluding diaryl/α,β-unsaturated/α-hetero) is 1. The number of ketones is 1. The summed E-state index contributed by atoms with van der Waals surface area (Å²) >= 11 is 0. The molecule has 2 atom stereocenters. The van der Waals surface area contributed by atoms with E-state index in [1.54, 1.807) is 6.92 Å². The number of likely N-dealkylation sites (tertiary alicyclic amines) is 1. The number of carbonyl (C=O) groups is 1. The van der Waals surface area contributed by atoms with Crippen molar-refractivity contribution in [2.24, 2.45) is 5.92 Å². The second-order valence-electron chi connectivity index (χ2n) is 6.24. The number of hydrogen-bond donors (Lipinski definition) is 0. The van der Waals surface area contributed by atoms with Gasteiger partial charge in [0.25, 0.3) is 0 Å². The molecule has 3 nitrogen and oxygen atoms in total. The van der Waals surface area contributed by atoms with Crippen LogP contribution in [0.25, 0.3) is 0 Å². The lowest BCUT2D eigenvalue weighted by Crippen LogP contribution is -2.22. The van der Waals surface area contributed by atoms with Gasteiger partial charge in [-0.25, -0.2) is 0 Å². The van der Waals surface area contributed by atoms with E-state index in [1.807, 2.05) is 25.3 Å². The van der Waals surface area contributed by atoms with E-state index in [0.29, 0.717) is 0 Å². The largest absolute Gasteiger partial charge is 0.300 e. The zero-order valence-corrected chi connectivity index (χ0v) is 13.2. The lowest BCUT2D eigenvalue weighted by atomic mass is 9.87. The third-order valence-electron chi connectivity index (χ3n) is 4.53. The number of rotatable bonds is 4. The quantitative estimate of drug-likeness (QED) is 0.868. The zero-order chi connectivity index (χ0) is 15.5. The van der Waals surface area contributed by atoms with Crippen molar-refractivity contribution in [1.82, 2.24) is 9.88 Å². The Hall–Kier alpha value is -2.00. The van der Waals surface area contributed by atoms with Gasteiger partial charge in [0, 0.05) is 43.4 Å². The molecule has 2 heterocycles. The molecular formula is C19H22N2O. The smallest absolute Gasteiger partial charge is 0.134 e. The normalized spacial score (nSPS) is 21.9. The third-order valence-corrected chi connectivity index (χ3v) is 4.53. The first-order chi connectivity index (χ1) is 10.6. The molecule has 1 saturated heterocycles. The standard InChI is InChI=1S/C19H22N2O/c1-14-8-9-17(10-20-14)19-13-21(12-18(19)15(2)22)11-16-6-4-3-5-7-16/h3-10,18-19H,11-13H2,1-2H3. The molecule has 1 aromatic heterocycles. The van der Waals surface area contributed by atoms with Crippen LogP contribution in [0.3, 0.4) is 0 Å². The van der Waals surface area contributed by atoms with Crippen molar-refractivity contribution >= 4 is 5.78 Å². The van der Waals surface area contributed by atoms with Crippen molar-refractivity contribution < 1.29 is 4.79 Å². The van der Waals surface area contributed by atoms with Crippen LogP contribution >= 0.6 is 0 Å². The Kier molecular flexibility index (Phi) is 4.34. The van der Waals surface area contributed by atoms with Crippen LogP contribution in [0.5, 0.6) is 0 Å². The molecule has 2 unspecified atom stereocenters. The van der Waals surface area contributed by atoms with E-state index in [9.17, 15) is 4.79 Å². The van der Waals surface area contributed by atoms with Gasteiger partial charge < -0.3 is 0 Å². The molecule has 3 heteroatoms. The summed E-state index contributed by atoms with van der Waals surface area (Å²) in [6.07, 6.45) is 1.93. The highest BCUT2D eigenvalue weighted by Crippen LogP contribution is 2.33. The van der Waals surface area contributed by atoms with Crippen LogP contribution in [0.2, 0.25) is 0 Å². The van der Waals surface area contributed by atoms with Crippen molar-refractivity contribution in [2.45, 2.75) is 26.3 Å². The first-order valence-corrected chi connectivity index (χ1v) is 7.83. The van der Waals surface area contributed by atoms with E-state index in [2.05, 4.69) is 40.2 Å². The van der Waals surface area contributed by atoms with Gasteiger partial charge in [-0.2, -0.15) is 0 Å². The Morgan fingerprint density at radius 2 is 1.95 bits per heavy atom. The lowest BCUT2D eigenvalue weighted by molar-refractivity contribution is -0.120. The second-order valence-corrected chi connectivity index (χ2v) is 6.24. The molecule has 22 heavy (non-hydrogen) atoms. The molecule has 1 aliphatic rings. The molecule has 0 amide bonds. The van der Waals surface area contributed by atoms with Crippen LogP contribution < -0.4 is 0 Å². The number of carbonyl (C=O) groups excluding carboxylic acids is 1. The van der Waals surface area contributed by atoms with Gasteiger partial charge in [0.05, 0.1) is 0 Å². The second kappa shape index (κ2) is 6.41. The fourth-order valence-corrected chi connectivity index (χ4v) is 3.30. The molecule has 3 rings (SSSR count). The molecule has 0 bridgehead atoms. The number of aryl methyl sites for hydroxylation is 1. The fraction of sp³-hybridized carbons (Fsp3) is 0.368. The Morgan fingerprint density at radius 3 is 2.59 bits per heavy atom. The van der Waals surface area contributed by atoms with Gasteiger partial charge >= 0.3 is 0 Å². The highest BCUT2D eigenvalue weighted by Gasteiger charge is 2.36. The van der Waals surface area contributed by atoms with Crippen LogP contribution in [-0.4, -0.2) is 28.8 Å². The van der Waals surface area contributed by atoms with E-state index in [1.165, 1.54) is 11.1 Å². The van der Waals surface area contributed by atoms with Gasteiger partial charge in [-0.1, -0.05) is 36.4 Å². The van der Waals surface area contributed by atoms with Gasteiger partial charge in [-0.3, -0.25) is 14.7 Å². The maximum atomic E-state index is 12.0. The average molecular weight is 294 g/mol. The van der Waals surface area contributed by atoms with Gasteiger partial charge in [0.2, 0.25) is 0 Å². The molecule has 0 N–H and O–H groups in total. The SMILES string of the molecule is CC(=O)C1CN(Cc2ccccc2)CC1c1ccc(C)nc1. The minimum absolute atomic E-state index is 0.0771. The van der Waals surface area contributed by atoms with Crippen LogP contribution in [-0.2, 0) is 11.3 Å². The Balaban J connectivity index is 1.77. The minimum atomic E-state index is 0.0771. The van der Waals surface area contributed by atoms with Crippen molar-refractivity contribution in [3.05, 3.63) is 65.5 Å². The molecule has 0 saturated carbocycles. The summed E-state index contributed by atoms with van der Waals surface area (Å²) < 4.78 is 0. The minimum Gasteiger partial charge on any atom is -0.300 e. The van der Waals surface area contributed by atoms with E-state index in [-0.39, 0.29) is 17.6 Å². The molecule has 0 spiro atoms. The van der Waals surface area contributed by atoms with E-state index in [0.717, 1.165) is 25.3 Å². The highest BCUT2D eigenvalue weighted by molar-refractivity contribution is 5.80. The zero-order valence-electron chi connectivity index (χ0n) is 13.2. The number of hydrogen-bond acceptors (Lipinski definition) is 3. The van der Waals surface area contributed by atoms with Gasteiger partial charge in [0.1, 0.15) is 5.78 Å². The molecule has 1 aromatic carbocycles. The summed E-state index contributed by atoms with van der Waals surface area (Å²) in [6, 6.07) is 14.6. The van der Waals surface area contributed by atoms with Crippen LogP contribution in [0, 0.1) is 12.8 Å². The molecule has 1 fully saturated rings. The van der Waals surface area contributed by atoms with Crippen LogP contribution in [0.4, 0.5) is 0 Å². The summed E-state index contributed by atoms with van der Waals surface area (Å²) in [5.74, 6) is 0.615. The van der Waals surface area contributed by atoms with E-state index in [4.69, 9.17) is 0 Å². The Labute approximate surface area is 132 Å². The predicted octanol–water partition coefficient (Wildman–Crippen LogP) is 3.19. The van der Waals surface area contributed by atoms with Gasteiger partial charge in [-0.05, 0) is 31.0 Å². The van der Waals surface area contributed by atoms with E-state index >= 15 is 0 Å². The van der Waals surface area contributed by atoms with E-state index < -0.39 is 0 Å². The lowest BCUT2D eigenvalue weighted by Gasteiger charge is -2.16. The van der Waals surface area contributed by atoms with Gasteiger partial charge in [0.15, 0.2) is 0 Å². The first kappa shape index (κ1) is 14.9. The molecule has 1 aliphatic heterocycles. The molecule has 2 aromatic rings. The summed E-state index contributed by atoms with van der Waals surface area (Å²) in [6.45, 7) is 6.36. The maximum Gasteiger partial charge on any atom is 0.134 e. The molecule has 0 aliphatic carbocycles. The number of pyridine rings is 1. The van der Waals surface area contributed by atoms with Crippen LogP contribution in [0.15, 0.2) is 48.7 Å². The summed E-state index contributed by atoms with van der Waals surface area (Å²) in [5, 5.41) is 0. The van der Waals surface area contributed by atoms with Crippen molar-refractivity contribution in [3.63, 3.8) is 0 Å². The Bertz CT molecular complexity index is 636. The number of aromatic nitrogens is 1. The first-order valence-electron chi connectivity index (χ1n) is 7.83. The summed E-state index contributed by atoms with van der Waals surface area (Å²) in [4.78, 5) is 18.8. The predicted molar refractivity (Wildman–Crippen MR) is 87.6 cm³/mol. The molecular weight excluding hydrogens is 272 g/mol. The maximum absolute atomic E-state index is 12.0. The number of nitrogens with zero attached hydrogens (tertiary/aromatic N) is 2. The third kappa shape index (κ3) is 3.25. The van der Waals surface area contributed by atoms with Crippen molar-refractivity contribution in [3.8, 4) is 0 Å². The van der Waals surface area contributed by atoms with Crippen LogP contribution in [0.1, 0.15) is 29.7 Å². The van der Waals surface area contributed by atoms with Crippen molar-refractivity contribution in [1.29, 1.82) is 0 Å². The number of benzene rings is 1. The fourth-order valence-electron chi connectivity index (χ4n) is 3.30. The topological polar surface area (TPSA) is 33.2 Å². The van der Waals surface area contributed by atoms with Crippen molar-refractivity contribution in [2.75, 3.05) is 13.1 Å². The Morgan fingerprint density at radius 1 is 1.18 bits per heavy atom. The summed E-state index contributed by atoms with van der Waals surface area (Å²) in [5.41, 5.74) is 3.50.